The van der Waals surface area contributed by atoms with Gasteiger partial charge in [0.2, 0.25) is 0 Å². The third-order valence-electron chi connectivity index (χ3n) is 3.71. The predicted octanol–water partition coefficient (Wildman–Crippen LogP) is 4.51. The molecule has 0 N–H and O–H groups in total. The summed E-state index contributed by atoms with van der Waals surface area (Å²) in [6.45, 7) is 4.09. The van der Waals surface area contributed by atoms with Crippen LogP contribution in [0.4, 0.5) is 22.0 Å². The topological polar surface area (TPSA) is 65.5 Å². The fourth-order valence-electron chi connectivity index (χ4n) is 2.41. The lowest BCUT2D eigenvalue weighted by molar-refractivity contribution is -0.142. The molecule has 26 heavy (non-hydrogen) atoms. The van der Waals surface area contributed by atoms with Gasteiger partial charge in [0.1, 0.15) is 5.69 Å². The van der Waals surface area contributed by atoms with Crippen molar-refractivity contribution in [1.82, 2.24) is 4.98 Å². The van der Waals surface area contributed by atoms with E-state index in [1.807, 2.05) is 0 Å². The molecule has 1 heterocycles. The summed E-state index contributed by atoms with van der Waals surface area (Å²) in [7, 11) is 0.889. The number of nitrogens with zero attached hydrogens (tertiary/aromatic N) is 1. The molecule has 0 radical (unpaired) electrons. The molecule has 10 heteroatoms. The van der Waals surface area contributed by atoms with Crippen molar-refractivity contribution >= 4 is 11.9 Å². The van der Waals surface area contributed by atoms with Gasteiger partial charge in [-0.1, -0.05) is 13.8 Å². The highest BCUT2D eigenvalue weighted by Gasteiger charge is 2.43. The number of hydrogen-bond acceptors (Lipinski definition) is 5. The number of carbonyl (C=O) groups is 2. The first-order valence-electron chi connectivity index (χ1n) is 7.69. The summed E-state index contributed by atoms with van der Waals surface area (Å²) in [5.41, 5.74) is -5.58. The van der Waals surface area contributed by atoms with Gasteiger partial charge < -0.3 is 9.47 Å². The van der Waals surface area contributed by atoms with E-state index in [0.717, 1.165) is 7.11 Å². The SMILES string of the molecule is CCOC(=O)c1c(C(F)(F)F)nc(C(F)F)c(C(=O)OC)c1C(C)CC. The highest BCUT2D eigenvalue weighted by atomic mass is 19.4. The summed E-state index contributed by atoms with van der Waals surface area (Å²) in [5.74, 6) is -3.54. The summed E-state index contributed by atoms with van der Waals surface area (Å²) in [4.78, 5) is 27.2. The molecule has 0 saturated carbocycles. The Balaban J connectivity index is 4.11. The first-order chi connectivity index (χ1) is 12.0. The Morgan fingerprint density at radius 1 is 1.12 bits per heavy atom. The smallest absolute Gasteiger partial charge is 0.434 e. The van der Waals surface area contributed by atoms with Gasteiger partial charge in [-0.3, -0.25) is 0 Å². The monoisotopic (exact) mass is 383 g/mol. The highest BCUT2D eigenvalue weighted by molar-refractivity contribution is 6.00. The van der Waals surface area contributed by atoms with Gasteiger partial charge in [0, 0.05) is 0 Å². The largest absolute Gasteiger partial charge is 0.465 e. The average Bonchev–Trinajstić information content (AvgIpc) is 2.57. The zero-order valence-corrected chi connectivity index (χ0v) is 14.5. The quantitative estimate of drug-likeness (QED) is 0.534. The van der Waals surface area contributed by atoms with Crippen LogP contribution in [0.5, 0.6) is 0 Å². The van der Waals surface area contributed by atoms with Crippen molar-refractivity contribution in [2.75, 3.05) is 13.7 Å². The average molecular weight is 383 g/mol. The first kappa shape index (κ1) is 21.8. The number of alkyl halides is 5. The van der Waals surface area contributed by atoms with Crippen molar-refractivity contribution in [2.24, 2.45) is 0 Å². The van der Waals surface area contributed by atoms with E-state index in [-0.39, 0.29) is 13.0 Å². The van der Waals surface area contributed by atoms with E-state index >= 15 is 0 Å². The number of aromatic nitrogens is 1. The van der Waals surface area contributed by atoms with Crippen molar-refractivity contribution in [3.05, 3.63) is 28.1 Å². The van der Waals surface area contributed by atoms with Crippen molar-refractivity contribution in [2.45, 2.75) is 45.7 Å². The maximum absolute atomic E-state index is 13.4. The van der Waals surface area contributed by atoms with Crippen LogP contribution in [0.25, 0.3) is 0 Å². The molecule has 5 nitrogen and oxygen atoms in total. The van der Waals surface area contributed by atoms with Crippen LogP contribution in [0.3, 0.4) is 0 Å². The Bertz CT molecular complexity index is 688. The van der Waals surface area contributed by atoms with Crippen LogP contribution in [0.15, 0.2) is 0 Å². The number of halogens is 5. The number of esters is 2. The third-order valence-corrected chi connectivity index (χ3v) is 3.71. The Labute approximate surface area is 146 Å². The van der Waals surface area contributed by atoms with E-state index in [9.17, 15) is 31.5 Å². The number of ether oxygens (including phenoxy) is 2. The van der Waals surface area contributed by atoms with Crippen LogP contribution in [0.2, 0.25) is 0 Å². The Morgan fingerprint density at radius 2 is 1.69 bits per heavy atom. The standard InChI is InChI=1S/C16H18F5NO4/c1-5-7(3)8-9(14(23)25-4)11(13(17)18)22-12(16(19,20)21)10(8)15(24)26-6-2/h7,13H,5-6H2,1-4H3. The zero-order valence-electron chi connectivity index (χ0n) is 14.5. The minimum atomic E-state index is -5.21. The van der Waals surface area contributed by atoms with Crippen molar-refractivity contribution in [1.29, 1.82) is 0 Å². The second-order valence-corrected chi connectivity index (χ2v) is 5.33. The fraction of sp³-hybridized carbons (Fsp3) is 0.562. The summed E-state index contributed by atoms with van der Waals surface area (Å²) < 4.78 is 76.1. The second-order valence-electron chi connectivity index (χ2n) is 5.33. The van der Waals surface area contributed by atoms with E-state index in [1.165, 1.54) is 13.8 Å². The lowest BCUT2D eigenvalue weighted by atomic mass is 9.87. The summed E-state index contributed by atoms with van der Waals surface area (Å²) in [6, 6.07) is 0. The van der Waals surface area contributed by atoms with Gasteiger partial charge in [-0.05, 0) is 24.8 Å². The molecular weight excluding hydrogens is 365 g/mol. The minimum Gasteiger partial charge on any atom is -0.465 e. The van der Waals surface area contributed by atoms with Crippen LogP contribution < -0.4 is 0 Å². The van der Waals surface area contributed by atoms with E-state index < -0.39 is 58.5 Å². The Hall–Kier alpha value is -2.26. The molecule has 0 aliphatic rings. The molecule has 0 aromatic carbocycles. The Kier molecular flexibility index (Phi) is 7.05. The normalized spacial score (nSPS) is 12.8. The van der Waals surface area contributed by atoms with Crippen molar-refractivity contribution < 1.29 is 41.0 Å². The molecule has 1 aromatic heterocycles. The molecule has 1 atom stereocenters. The third kappa shape index (κ3) is 4.28. The van der Waals surface area contributed by atoms with Gasteiger partial charge in [0.25, 0.3) is 6.43 Å². The molecule has 0 bridgehead atoms. The molecule has 0 saturated heterocycles. The molecule has 1 unspecified atom stereocenters. The molecular formula is C16H18F5NO4. The number of carbonyl (C=O) groups excluding carboxylic acids is 2. The van der Waals surface area contributed by atoms with Gasteiger partial charge in [-0.2, -0.15) is 13.2 Å². The summed E-state index contributed by atoms with van der Waals surface area (Å²) in [5, 5.41) is 0. The number of rotatable bonds is 6. The van der Waals surface area contributed by atoms with Gasteiger partial charge in [0.15, 0.2) is 5.69 Å². The number of pyridine rings is 1. The minimum absolute atomic E-state index is 0.167. The van der Waals surface area contributed by atoms with Crippen LogP contribution in [0.1, 0.15) is 77.2 Å². The van der Waals surface area contributed by atoms with Gasteiger partial charge in [-0.25, -0.2) is 23.4 Å². The van der Waals surface area contributed by atoms with E-state index in [2.05, 4.69) is 14.5 Å². The van der Waals surface area contributed by atoms with Gasteiger partial charge in [0.05, 0.1) is 24.8 Å². The molecule has 0 spiro atoms. The molecule has 0 amide bonds. The van der Waals surface area contributed by atoms with E-state index in [0.29, 0.717) is 0 Å². The number of methoxy groups -OCH3 is 1. The van der Waals surface area contributed by atoms with Crippen LogP contribution >= 0.6 is 0 Å². The highest BCUT2D eigenvalue weighted by Crippen LogP contribution is 2.40. The molecule has 1 aromatic rings. The maximum Gasteiger partial charge on any atom is 0.434 e. The van der Waals surface area contributed by atoms with Crippen molar-refractivity contribution in [3.8, 4) is 0 Å². The van der Waals surface area contributed by atoms with Crippen LogP contribution in [0, 0.1) is 0 Å². The molecule has 146 valence electrons. The molecule has 0 aliphatic carbocycles. The summed E-state index contributed by atoms with van der Waals surface area (Å²) in [6.07, 6.45) is -8.52. The van der Waals surface area contributed by atoms with Gasteiger partial charge >= 0.3 is 18.1 Å². The summed E-state index contributed by atoms with van der Waals surface area (Å²) >= 11 is 0. The maximum atomic E-state index is 13.4. The second kappa shape index (κ2) is 8.41. The van der Waals surface area contributed by atoms with Crippen molar-refractivity contribution in [3.63, 3.8) is 0 Å². The lowest BCUT2D eigenvalue weighted by Crippen LogP contribution is -2.26. The fourth-order valence-corrected chi connectivity index (χ4v) is 2.41. The van der Waals surface area contributed by atoms with Gasteiger partial charge in [-0.15, -0.1) is 0 Å². The molecule has 1 rings (SSSR count). The first-order valence-corrected chi connectivity index (χ1v) is 7.69. The van der Waals surface area contributed by atoms with E-state index in [4.69, 9.17) is 0 Å². The lowest BCUT2D eigenvalue weighted by Gasteiger charge is -2.23. The van der Waals surface area contributed by atoms with E-state index in [1.54, 1.807) is 6.92 Å². The van der Waals surface area contributed by atoms with Crippen LogP contribution in [-0.2, 0) is 15.7 Å². The predicted molar refractivity (Wildman–Crippen MR) is 80.2 cm³/mol. The Morgan fingerprint density at radius 3 is 2.08 bits per heavy atom. The molecule has 0 fully saturated rings. The number of hydrogen-bond donors (Lipinski definition) is 0. The zero-order chi connectivity index (χ0) is 20.2. The molecule has 0 aliphatic heterocycles. The van der Waals surface area contributed by atoms with Crippen LogP contribution in [-0.4, -0.2) is 30.6 Å².